The first-order chi connectivity index (χ1) is 10.0. The fourth-order valence-electron chi connectivity index (χ4n) is 2.40. The van der Waals surface area contributed by atoms with Crippen molar-refractivity contribution in [3.8, 4) is 0 Å². The first-order valence-corrected chi connectivity index (χ1v) is 7.85. The molecular weight excluding hydrogens is 334 g/mol. The third kappa shape index (κ3) is 2.85. The van der Waals surface area contributed by atoms with E-state index in [4.69, 9.17) is 9.15 Å². The van der Waals surface area contributed by atoms with Crippen molar-refractivity contribution in [1.82, 2.24) is 5.32 Å². The highest BCUT2D eigenvalue weighted by molar-refractivity contribution is 9.10. The Hall–Kier alpha value is -1.33. The van der Waals surface area contributed by atoms with E-state index in [0.29, 0.717) is 11.7 Å². The Labute approximate surface area is 132 Å². The van der Waals surface area contributed by atoms with Gasteiger partial charge in [0.25, 0.3) is 0 Å². The van der Waals surface area contributed by atoms with Crippen LogP contribution in [0.3, 0.4) is 0 Å². The van der Waals surface area contributed by atoms with Gasteiger partial charge in [0.2, 0.25) is 0 Å². The molecule has 1 fully saturated rings. The third-order valence-corrected chi connectivity index (χ3v) is 4.50. The predicted octanol–water partition coefficient (Wildman–Crippen LogP) is 3.58. The number of carbonyl (C=O) groups is 1. The van der Waals surface area contributed by atoms with Crippen LogP contribution in [0.2, 0.25) is 0 Å². The number of methoxy groups -OCH3 is 1. The second-order valence-electron chi connectivity index (χ2n) is 5.73. The van der Waals surface area contributed by atoms with E-state index in [0.717, 1.165) is 22.0 Å². The van der Waals surface area contributed by atoms with Gasteiger partial charge in [0, 0.05) is 9.86 Å². The van der Waals surface area contributed by atoms with Crippen LogP contribution >= 0.6 is 15.9 Å². The molecule has 1 saturated carbocycles. The molecule has 0 radical (unpaired) electrons. The highest BCUT2D eigenvalue weighted by Crippen LogP contribution is 2.33. The fraction of sp³-hybridized carbons (Fsp3) is 0.438. The van der Waals surface area contributed by atoms with E-state index < -0.39 is 5.54 Å². The summed E-state index contributed by atoms with van der Waals surface area (Å²) < 4.78 is 11.8. The van der Waals surface area contributed by atoms with Crippen LogP contribution in [0.15, 0.2) is 33.2 Å². The molecule has 0 bridgehead atoms. The molecule has 21 heavy (non-hydrogen) atoms. The van der Waals surface area contributed by atoms with Crippen molar-refractivity contribution in [2.45, 2.75) is 25.3 Å². The van der Waals surface area contributed by atoms with Crippen LogP contribution in [0.1, 0.15) is 25.5 Å². The molecule has 1 aromatic carbocycles. The molecule has 2 aromatic rings. The summed E-state index contributed by atoms with van der Waals surface area (Å²) in [6.07, 6.45) is 2.44. The number of carbonyl (C=O) groups excluding carboxylic acids is 1. The van der Waals surface area contributed by atoms with Crippen molar-refractivity contribution in [2.24, 2.45) is 5.92 Å². The minimum Gasteiger partial charge on any atom is -0.467 e. The average Bonchev–Trinajstić information content (AvgIpc) is 3.21. The zero-order valence-corrected chi connectivity index (χ0v) is 13.7. The van der Waals surface area contributed by atoms with Gasteiger partial charge >= 0.3 is 5.97 Å². The van der Waals surface area contributed by atoms with E-state index in [2.05, 4.69) is 21.2 Å². The van der Waals surface area contributed by atoms with Crippen molar-refractivity contribution < 1.29 is 13.9 Å². The summed E-state index contributed by atoms with van der Waals surface area (Å²) in [4.78, 5) is 12.3. The standard InChI is InChI=1S/C16H18BrNO3/c1-16(15(19)20-2,18-9-10-3-4-10)14-8-11-7-12(17)5-6-13(11)21-14/h5-8,10,18H,3-4,9H2,1-2H3. The molecule has 0 saturated heterocycles. The Balaban J connectivity index is 1.97. The van der Waals surface area contributed by atoms with E-state index in [-0.39, 0.29) is 5.97 Å². The monoisotopic (exact) mass is 351 g/mol. The number of esters is 1. The zero-order valence-electron chi connectivity index (χ0n) is 12.1. The van der Waals surface area contributed by atoms with Crippen LogP contribution in [0.25, 0.3) is 11.0 Å². The molecule has 112 valence electrons. The molecule has 3 rings (SSSR count). The molecule has 1 heterocycles. The number of rotatable bonds is 5. The third-order valence-electron chi connectivity index (χ3n) is 4.01. The van der Waals surface area contributed by atoms with Gasteiger partial charge in [0.1, 0.15) is 11.3 Å². The Morgan fingerprint density at radius 1 is 1.48 bits per heavy atom. The maximum Gasteiger partial charge on any atom is 0.333 e. The molecule has 1 aliphatic carbocycles. The molecule has 1 aromatic heterocycles. The number of halogens is 1. The van der Waals surface area contributed by atoms with Gasteiger partial charge in [0.15, 0.2) is 5.54 Å². The van der Waals surface area contributed by atoms with Crippen LogP contribution < -0.4 is 5.32 Å². The largest absolute Gasteiger partial charge is 0.467 e. The molecule has 0 aliphatic heterocycles. The van der Waals surface area contributed by atoms with Gasteiger partial charge in [-0.1, -0.05) is 15.9 Å². The molecule has 1 aliphatic rings. The number of fused-ring (bicyclic) bond motifs is 1. The van der Waals surface area contributed by atoms with Crippen molar-refractivity contribution in [3.63, 3.8) is 0 Å². The Morgan fingerprint density at radius 2 is 2.24 bits per heavy atom. The normalized spacial score (nSPS) is 17.7. The van der Waals surface area contributed by atoms with Crippen LogP contribution in [0.5, 0.6) is 0 Å². The maximum atomic E-state index is 12.3. The summed E-state index contributed by atoms with van der Waals surface area (Å²) in [5, 5.41) is 4.28. The lowest BCUT2D eigenvalue weighted by molar-refractivity contribution is -0.149. The van der Waals surface area contributed by atoms with Gasteiger partial charge < -0.3 is 9.15 Å². The number of nitrogens with one attached hydrogen (secondary N) is 1. The smallest absolute Gasteiger partial charge is 0.333 e. The summed E-state index contributed by atoms with van der Waals surface area (Å²) in [5.74, 6) is 0.914. The van der Waals surface area contributed by atoms with Crippen LogP contribution in [-0.4, -0.2) is 19.6 Å². The van der Waals surface area contributed by atoms with Gasteiger partial charge in [-0.25, -0.2) is 4.79 Å². The number of ether oxygens (including phenoxy) is 1. The van der Waals surface area contributed by atoms with Gasteiger partial charge in [-0.05, 0) is 56.5 Å². The Morgan fingerprint density at radius 3 is 2.90 bits per heavy atom. The molecule has 0 spiro atoms. The van der Waals surface area contributed by atoms with Crippen LogP contribution in [0.4, 0.5) is 0 Å². The first kappa shape index (κ1) is 14.6. The molecule has 1 N–H and O–H groups in total. The number of hydrogen-bond donors (Lipinski definition) is 1. The quantitative estimate of drug-likeness (QED) is 0.836. The van der Waals surface area contributed by atoms with Gasteiger partial charge in [-0.2, -0.15) is 0 Å². The van der Waals surface area contributed by atoms with Crippen LogP contribution in [0, 0.1) is 5.92 Å². The molecule has 5 heteroatoms. The summed E-state index contributed by atoms with van der Waals surface area (Å²) in [7, 11) is 1.40. The molecule has 1 atom stereocenters. The maximum absolute atomic E-state index is 12.3. The second kappa shape index (κ2) is 5.46. The zero-order chi connectivity index (χ0) is 15.0. The number of benzene rings is 1. The summed E-state index contributed by atoms with van der Waals surface area (Å²) in [5.41, 5.74) is -0.195. The lowest BCUT2D eigenvalue weighted by atomic mass is 9.98. The Kier molecular flexibility index (Phi) is 3.80. The second-order valence-corrected chi connectivity index (χ2v) is 6.65. The lowest BCUT2D eigenvalue weighted by Gasteiger charge is -2.25. The first-order valence-electron chi connectivity index (χ1n) is 7.06. The van der Waals surface area contributed by atoms with Gasteiger partial charge in [-0.15, -0.1) is 0 Å². The summed E-state index contributed by atoms with van der Waals surface area (Å²) in [6, 6.07) is 7.68. The molecule has 1 unspecified atom stereocenters. The molecule has 0 amide bonds. The predicted molar refractivity (Wildman–Crippen MR) is 84.0 cm³/mol. The van der Waals surface area contributed by atoms with E-state index in [1.807, 2.05) is 31.2 Å². The number of hydrogen-bond acceptors (Lipinski definition) is 4. The van der Waals surface area contributed by atoms with E-state index in [1.165, 1.54) is 20.0 Å². The van der Waals surface area contributed by atoms with Crippen molar-refractivity contribution >= 4 is 32.9 Å². The summed E-state index contributed by atoms with van der Waals surface area (Å²) in [6.45, 7) is 2.61. The SMILES string of the molecule is COC(=O)C(C)(NCC1CC1)c1cc2cc(Br)ccc2o1. The minimum atomic E-state index is -0.956. The van der Waals surface area contributed by atoms with E-state index in [1.54, 1.807) is 0 Å². The van der Waals surface area contributed by atoms with Crippen molar-refractivity contribution in [3.05, 3.63) is 34.5 Å². The van der Waals surface area contributed by atoms with Gasteiger partial charge in [-0.3, -0.25) is 5.32 Å². The fourth-order valence-corrected chi connectivity index (χ4v) is 2.77. The van der Waals surface area contributed by atoms with Crippen LogP contribution in [-0.2, 0) is 15.1 Å². The summed E-state index contributed by atoms with van der Waals surface area (Å²) >= 11 is 3.44. The Bertz CT molecular complexity index is 677. The molecule has 4 nitrogen and oxygen atoms in total. The lowest BCUT2D eigenvalue weighted by Crippen LogP contribution is -2.48. The highest BCUT2D eigenvalue weighted by Gasteiger charge is 2.40. The van der Waals surface area contributed by atoms with Crippen molar-refractivity contribution in [1.29, 1.82) is 0 Å². The topological polar surface area (TPSA) is 51.5 Å². The van der Waals surface area contributed by atoms with E-state index >= 15 is 0 Å². The van der Waals surface area contributed by atoms with E-state index in [9.17, 15) is 4.79 Å². The van der Waals surface area contributed by atoms with Gasteiger partial charge in [0.05, 0.1) is 7.11 Å². The average molecular weight is 352 g/mol. The minimum absolute atomic E-state index is 0.332. The number of furan rings is 1. The molecular formula is C16H18BrNO3. The highest BCUT2D eigenvalue weighted by atomic mass is 79.9. The van der Waals surface area contributed by atoms with Crippen molar-refractivity contribution in [2.75, 3.05) is 13.7 Å².